The molecule has 0 aromatic heterocycles. The van der Waals surface area contributed by atoms with Crippen LogP contribution in [-0.2, 0) is 20.4 Å². The summed E-state index contributed by atoms with van der Waals surface area (Å²) in [5, 5.41) is 5.38. The zero-order valence-corrected chi connectivity index (χ0v) is 31.6. The second-order valence-corrected chi connectivity index (χ2v) is 30.5. The standard InChI is InChI=1S/2C20H15.C2H6Si.2ClH.Zr/c2*1-14-13-16-8-3-5-11-18(16)20(14)19-12-6-9-15-7-2-4-10-17(15)19;1-3-2;;;/h2*2-13H,1H3;1-2H3;2*1H;/q;;;;;+2/p-2. The zero-order chi connectivity index (χ0) is 29.9. The Hall–Kier alpha value is -3.00. The maximum Gasteiger partial charge on any atom is -1.00 e. The van der Waals surface area contributed by atoms with Crippen molar-refractivity contribution < 1.29 is 45.2 Å². The van der Waals surface area contributed by atoms with Crippen molar-refractivity contribution in [1.29, 1.82) is 0 Å². The van der Waals surface area contributed by atoms with Crippen LogP contribution >= 0.6 is 0 Å². The summed E-state index contributed by atoms with van der Waals surface area (Å²) < 4.78 is 1.15. The van der Waals surface area contributed by atoms with E-state index in [1.165, 1.54) is 54.9 Å². The van der Waals surface area contributed by atoms with Crippen LogP contribution in [0, 0.1) is 0 Å². The van der Waals surface area contributed by atoms with Crippen molar-refractivity contribution in [2.24, 2.45) is 0 Å². The van der Waals surface area contributed by atoms with E-state index in [1.54, 1.807) is 22.3 Å². The molecule has 0 bridgehead atoms. The number of allylic oxidation sites excluding steroid dienone is 2. The summed E-state index contributed by atoms with van der Waals surface area (Å²) in [6.07, 6.45) is 0. The summed E-state index contributed by atoms with van der Waals surface area (Å²) in [6, 6.07) is 50.4. The fourth-order valence-corrected chi connectivity index (χ4v) is 29.1. The fraction of sp³-hybridized carbons (Fsp3) is 0.143. The minimum Gasteiger partial charge on any atom is -1.00 e. The molecular formula is C42H36Cl2SiZr. The SMILES string of the molecule is CC1=C(c2cccc3ccccc23)c2ccccc2[C@@H]1[Zr+2]([C@H]1C(C)=C(c2cccc3ccccc23)c2ccccc21)=[Si](C)C.[Cl-].[Cl-]. The van der Waals surface area contributed by atoms with Gasteiger partial charge in [-0.05, 0) is 0 Å². The van der Waals surface area contributed by atoms with E-state index < -0.39 is 25.8 Å². The normalized spacial score (nSPS) is 16.4. The van der Waals surface area contributed by atoms with Gasteiger partial charge in [0.25, 0.3) is 0 Å². The summed E-state index contributed by atoms with van der Waals surface area (Å²) >= 11 is -2.29. The number of hydrogen-bond donors (Lipinski definition) is 0. The quantitative estimate of drug-likeness (QED) is 0.216. The summed E-state index contributed by atoms with van der Waals surface area (Å²) in [6.45, 7) is 10.2. The Morgan fingerprint density at radius 2 is 0.783 bits per heavy atom. The molecular weight excluding hydrogens is 695 g/mol. The Labute approximate surface area is 293 Å². The van der Waals surface area contributed by atoms with Crippen molar-refractivity contribution in [3.05, 3.63) is 178 Å². The molecule has 0 radical (unpaired) electrons. The van der Waals surface area contributed by atoms with Gasteiger partial charge in [0.2, 0.25) is 0 Å². The fourth-order valence-electron chi connectivity index (χ4n) is 8.28. The van der Waals surface area contributed by atoms with Gasteiger partial charge in [0.1, 0.15) is 0 Å². The number of halogens is 2. The molecule has 0 fully saturated rings. The largest absolute Gasteiger partial charge is 1.00 e. The zero-order valence-electron chi connectivity index (χ0n) is 26.6. The first-order valence-electron chi connectivity index (χ1n) is 15.8. The van der Waals surface area contributed by atoms with E-state index in [9.17, 15) is 0 Å². The van der Waals surface area contributed by atoms with Crippen molar-refractivity contribution in [1.82, 2.24) is 0 Å². The Morgan fingerprint density at radius 3 is 1.22 bits per heavy atom. The number of rotatable bonds is 4. The first-order chi connectivity index (χ1) is 21.5. The Balaban J connectivity index is 0.00000186. The molecule has 2 aliphatic rings. The smallest absolute Gasteiger partial charge is 1.00 e. The van der Waals surface area contributed by atoms with Crippen molar-refractivity contribution >= 4 is 38.1 Å². The first kappa shape index (κ1) is 32.9. The van der Waals surface area contributed by atoms with E-state index in [2.05, 4.69) is 160 Å². The maximum absolute atomic E-state index is 2.64. The third kappa shape index (κ3) is 5.14. The Morgan fingerprint density at radius 1 is 0.435 bits per heavy atom. The monoisotopic (exact) mass is 728 g/mol. The molecule has 0 nitrogen and oxygen atoms in total. The topological polar surface area (TPSA) is 0 Å². The molecule has 0 amide bonds. The third-order valence-corrected chi connectivity index (χ3v) is 29.9. The maximum atomic E-state index is 2.64. The molecule has 46 heavy (non-hydrogen) atoms. The minimum absolute atomic E-state index is 0. The Bertz CT molecular complexity index is 2080. The van der Waals surface area contributed by atoms with Crippen molar-refractivity contribution in [3.63, 3.8) is 0 Å². The van der Waals surface area contributed by atoms with E-state index in [1.807, 2.05) is 0 Å². The molecule has 0 aliphatic heterocycles. The molecule has 0 saturated heterocycles. The predicted molar refractivity (Wildman–Crippen MR) is 187 cm³/mol. The average molecular weight is 731 g/mol. The molecule has 4 heteroatoms. The van der Waals surface area contributed by atoms with Crippen LogP contribution in [0.5, 0.6) is 0 Å². The van der Waals surface area contributed by atoms with Crippen molar-refractivity contribution in [3.8, 4) is 0 Å². The van der Waals surface area contributed by atoms with E-state index in [-0.39, 0.29) is 24.8 Å². The van der Waals surface area contributed by atoms with Gasteiger partial charge in [0, 0.05) is 0 Å². The van der Waals surface area contributed by atoms with Gasteiger partial charge in [-0.2, -0.15) is 0 Å². The van der Waals surface area contributed by atoms with Crippen molar-refractivity contribution in [2.75, 3.05) is 0 Å². The van der Waals surface area contributed by atoms with Gasteiger partial charge in [-0.25, -0.2) is 0 Å². The van der Waals surface area contributed by atoms with Crippen LogP contribution in [-0.4, -0.2) is 5.43 Å². The van der Waals surface area contributed by atoms with Crippen LogP contribution < -0.4 is 24.8 Å². The van der Waals surface area contributed by atoms with E-state index in [0.717, 1.165) is 0 Å². The van der Waals surface area contributed by atoms with Crippen LogP contribution in [0.25, 0.3) is 32.7 Å². The number of hydrogen-bond acceptors (Lipinski definition) is 0. The van der Waals surface area contributed by atoms with E-state index >= 15 is 0 Å². The summed E-state index contributed by atoms with van der Waals surface area (Å²) in [5.74, 6) is 0. The molecule has 2 aliphatic carbocycles. The summed E-state index contributed by atoms with van der Waals surface area (Å²) in [7, 11) is 0. The molecule has 0 N–H and O–H groups in total. The summed E-state index contributed by atoms with van der Waals surface area (Å²) in [5.41, 5.74) is 14.6. The first-order valence-corrected chi connectivity index (χ1v) is 24.8. The van der Waals surface area contributed by atoms with Gasteiger partial charge >= 0.3 is 271 Å². The van der Waals surface area contributed by atoms with Crippen LogP contribution in [0.15, 0.2) is 145 Å². The molecule has 0 spiro atoms. The third-order valence-electron chi connectivity index (χ3n) is 10.1. The minimum atomic E-state index is -2.29. The van der Waals surface area contributed by atoms with Gasteiger partial charge in [-0.3, -0.25) is 0 Å². The Kier molecular flexibility index (Phi) is 9.48. The van der Waals surface area contributed by atoms with Crippen molar-refractivity contribution in [2.45, 2.75) is 34.2 Å². The number of fused-ring (bicyclic) bond motifs is 4. The molecule has 2 atom stereocenters. The second-order valence-electron chi connectivity index (χ2n) is 12.7. The van der Waals surface area contributed by atoms with Crippen LogP contribution in [0.1, 0.15) is 54.5 Å². The van der Waals surface area contributed by atoms with Crippen LogP contribution in [0.2, 0.25) is 13.1 Å². The predicted octanol–water partition coefficient (Wildman–Crippen LogP) is 5.32. The second kappa shape index (κ2) is 13.2. The molecule has 226 valence electrons. The van der Waals surface area contributed by atoms with Gasteiger partial charge in [0.05, 0.1) is 0 Å². The van der Waals surface area contributed by atoms with E-state index in [0.29, 0.717) is 7.25 Å². The molecule has 6 aromatic carbocycles. The van der Waals surface area contributed by atoms with E-state index in [4.69, 9.17) is 0 Å². The average Bonchev–Trinajstić information content (AvgIpc) is 3.50. The molecule has 6 aromatic rings. The number of benzene rings is 6. The molecule has 0 unspecified atom stereocenters. The van der Waals surface area contributed by atoms with Crippen LogP contribution in [0.3, 0.4) is 0 Å². The van der Waals surface area contributed by atoms with Gasteiger partial charge in [-0.1, -0.05) is 0 Å². The van der Waals surface area contributed by atoms with Crippen LogP contribution in [0.4, 0.5) is 0 Å². The van der Waals surface area contributed by atoms with Gasteiger partial charge in [-0.15, -0.1) is 0 Å². The molecule has 0 saturated carbocycles. The van der Waals surface area contributed by atoms with Gasteiger partial charge < -0.3 is 24.8 Å². The molecule has 0 heterocycles. The summed E-state index contributed by atoms with van der Waals surface area (Å²) in [4.78, 5) is 0. The molecule has 8 rings (SSSR count). The van der Waals surface area contributed by atoms with Gasteiger partial charge in [0.15, 0.2) is 0 Å².